The Labute approximate surface area is 169 Å². The first-order chi connectivity index (χ1) is 14.0. The molecule has 0 spiro atoms. The zero-order valence-corrected chi connectivity index (χ0v) is 16.9. The average molecular weight is 394 g/mol. The van der Waals surface area contributed by atoms with Crippen LogP contribution in [0.25, 0.3) is 5.57 Å². The van der Waals surface area contributed by atoms with Crippen molar-refractivity contribution in [2.45, 2.75) is 13.5 Å². The summed E-state index contributed by atoms with van der Waals surface area (Å²) in [6.07, 6.45) is 9.22. The van der Waals surface area contributed by atoms with Crippen LogP contribution in [0.15, 0.2) is 69.7 Å². The quantitative estimate of drug-likeness (QED) is 0.532. The van der Waals surface area contributed by atoms with E-state index < -0.39 is 11.2 Å². The first kappa shape index (κ1) is 21.8. The lowest BCUT2D eigenvalue weighted by Gasteiger charge is -2.13. The second-order valence-electron chi connectivity index (χ2n) is 6.21. The van der Waals surface area contributed by atoms with E-state index >= 15 is 0 Å². The van der Waals surface area contributed by atoms with Crippen LogP contribution in [0.2, 0.25) is 0 Å². The number of anilines is 1. The molecule has 2 aromatic rings. The molecule has 0 aliphatic carbocycles. The van der Waals surface area contributed by atoms with Crippen molar-refractivity contribution in [3.05, 3.63) is 87.1 Å². The van der Waals surface area contributed by atoms with Gasteiger partial charge in [0.15, 0.2) is 5.82 Å². The van der Waals surface area contributed by atoms with Gasteiger partial charge in [0.05, 0.1) is 13.2 Å². The summed E-state index contributed by atoms with van der Waals surface area (Å²) in [7, 11) is 3.13. The maximum absolute atomic E-state index is 12.6. The number of hydrogen-bond donors (Lipinski definition) is 2. The molecule has 0 amide bonds. The first-order valence-electron chi connectivity index (χ1n) is 9.20. The Balaban J connectivity index is 2.53. The zero-order chi connectivity index (χ0) is 21.4. The Bertz CT molecular complexity index is 1090. The summed E-state index contributed by atoms with van der Waals surface area (Å²) in [5.41, 5.74) is 1.88. The van der Waals surface area contributed by atoms with Crippen LogP contribution in [0.4, 0.5) is 11.5 Å². The van der Waals surface area contributed by atoms with E-state index in [0.29, 0.717) is 0 Å². The fourth-order valence-corrected chi connectivity index (χ4v) is 2.84. The number of aromatic nitrogens is 2. The Morgan fingerprint density at radius 1 is 1.34 bits per heavy atom. The highest BCUT2D eigenvalue weighted by Gasteiger charge is 2.15. The number of aliphatic imine (C=N–C) groups is 1. The van der Waals surface area contributed by atoms with Crippen molar-refractivity contribution in [3.8, 4) is 0 Å². The molecule has 2 rings (SSSR count). The second kappa shape index (κ2) is 10.2. The minimum absolute atomic E-state index is 0.0743. The molecule has 0 bridgehead atoms. The molecule has 0 saturated carbocycles. The molecular weight excluding hydrogens is 368 g/mol. The highest BCUT2D eigenvalue weighted by atomic mass is 16.3. The van der Waals surface area contributed by atoms with Crippen molar-refractivity contribution in [1.29, 1.82) is 0 Å². The van der Waals surface area contributed by atoms with Crippen molar-refractivity contribution >= 4 is 23.3 Å². The molecular formula is C22H26N4O3. The van der Waals surface area contributed by atoms with Gasteiger partial charge >= 0.3 is 5.69 Å². The van der Waals surface area contributed by atoms with Crippen LogP contribution < -0.4 is 16.6 Å². The molecule has 7 nitrogen and oxygen atoms in total. The van der Waals surface area contributed by atoms with Gasteiger partial charge in [-0.1, -0.05) is 49.1 Å². The van der Waals surface area contributed by atoms with Crippen LogP contribution in [0.3, 0.4) is 0 Å². The minimum Gasteiger partial charge on any atom is -0.395 e. The molecule has 2 N–H and O–H groups in total. The number of aliphatic hydroxyl groups is 1. The number of allylic oxidation sites excluding steroid dienone is 5. The lowest BCUT2D eigenvalue weighted by atomic mass is 10.0. The van der Waals surface area contributed by atoms with Gasteiger partial charge in [0.1, 0.15) is 5.69 Å². The summed E-state index contributed by atoms with van der Waals surface area (Å²) in [5, 5.41) is 11.9. The number of rotatable bonds is 8. The van der Waals surface area contributed by atoms with Gasteiger partial charge in [-0.3, -0.25) is 13.9 Å². The molecule has 7 heteroatoms. The third-order valence-electron chi connectivity index (χ3n) is 4.34. The number of benzene rings is 1. The monoisotopic (exact) mass is 394 g/mol. The molecule has 29 heavy (non-hydrogen) atoms. The summed E-state index contributed by atoms with van der Waals surface area (Å²) in [6.45, 7) is 5.42. The van der Waals surface area contributed by atoms with Crippen molar-refractivity contribution in [1.82, 2.24) is 9.13 Å². The molecule has 1 aromatic heterocycles. The van der Waals surface area contributed by atoms with E-state index in [4.69, 9.17) is 5.11 Å². The summed E-state index contributed by atoms with van der Waals surface area (Å²) in [5.74, 6) is 0.218. The van der Waals surface area contributed by atoms with Crippen molar-refractivity contribution < 1.29 is 5.11 Å². The molecule has 0 aliphatic rings. The predicted molar refractivity (Wildman–Crippen MR) is 119 cm³/mol. The number of nitrogens with zero attached hydrogens (tertiary/aromatic N) is 3. The van der Waals surface area contributed by atoms with Crippen molar-refractivity contribution in [3.63, 3.8) is 0 Å². The van der Waals surface area contributed by atoms with Gasteiger partial charge in [-0.2, -0.15) is 0 Å². The van der Waals surface area contributed by atoms with E-state index in [1.807, 2.05) is 49.4 Å². The first-order valence-corrected chi connectivity index (χ1v) is 9.20. The van der Waals surface area contributed by atoms with Gasteiger partial charge in [-0.15, -0.1) is 0 Å². The highest BCUT2D eigenvalue weighted by molar-refractivity contribution is 5.86. The van der Waals surface area contributed by atoms with Crippen LogP contribution >= 0.6 is 0 Å². The van der Waals surface area contributed by atoms with E-state index in [2.05, 4.69) is 16.9 Å². The molecule has 1 heterocycles. The third kappa shape index (κ3) is 4.89. The third-order valence-corrected chi connectivity index (χ3v) is 4.34. The maximum atomic E-state index is 12.6. The molecule has 0 saturated heterocycles. The largest absolute Gasteiger partial charge is 0.395 e. The van der Waals surface area contributed by atoms with Crippen LogP contribution in [0, 0.1) is 0 Å². The van der Waals surface area contributed by atoms with Crippen molar-refractivity contribution in [2.75, 3.05) is 19.0 Å². The molecule has 0 aliphatic heterocycles. The van der Waals surface area contributed by atoms with Gasteiger partial charge in [0.2, 0.25) is 0 Å². The molecule has 152 valence electrons. The van der Waals surface area contributed by atoms with E-state index in [-0.39, 0.29) is 24.7 Å². The topological polar surface area (TPSA) is 88.6 Å². The van der Waals surface area contributed by atoms with E-state index in [9.17, 15) is 9.59 Å². The fourth-order valence-electron chi connectivity index (χ4n) is 2.84. The standard InChI is InChI=1S/C22H26N4O3/c1-5-7-10-17(6-2)18-11-8-9-16(14-18)15-24-20-19(23-3)21(28)26(12-13-27)22(29)25(20)4/h5-11,14-15,23,27H,2,12-13H2,1,3-4H3/b7-5-,17-10+,24-15?. The summed E-state index contributed by atoms with van der Waals surface area (Å²) in [4.78, 5) is 29.4. The van der Waals surface area contributed by atoms with Crippen LogP contribution in [-0.2, 0) is 13.6 Å². The molecule has 0 radical (unpaired) electrons. The van der Waals surface area contributed by atoms with Gasteiger partial charge in [0.25, 0.3) is 5.56 Å². The maximum Gasteiger partial charge on any atom is 0.332 e. The summed E-state index contributed by atoms with van der Waals surface area (Å²) >= 11 is 0. The van der Waals surface area contributed by atoms with Gasteiger partial charge < -0.3 is 10.4 Å². The number of hydrogen-bond acceptors (Lipinski definition) is 5. The molecule has 0 unspecified atom stereocenters. The van der Waals surface area contributed by atoms with Gasteiger partial charge in [0, 0.05) is 20.3 Å². The van der Waals surface area contributed by atoms with E-state index in [1.165, 1.54) is 11.6 Å². The lowest BCUT2D eigenvalue weighted by Crippen LogP contribution is -2.40. The van der Waals surface area contributed by atoms with E-state index in [1.54, 1.807) is 19.3 Å². The smallest absolute Gasteiger partial charge is 0.332 e. The predicted octanol–water partition coefficient (Wildman–Crippen LogP) is 2.48. The van der Waals surface area contributed by atoms with Gasteiger partial charge in [-0.25, -0.2) is 9.79 Å². The number of aliphatic hydroxyl groups excluding tert-OH is 1. The average Bonchev–Trinajstić information content (AvgIpc) is 2.73. The van der Waals surface area contributed by atoms with E-state index in [0.717, 1.165) is 21.3 Å². The Morgan fingerprint density at radius 3 is 2.72 bits per heavy atom. The normalized spacial score (nSPS) is 12.1. The Morgan fingerprint density at radius 2 is 2.10 bits per heavy atom. The SMILES string of the molecule is C=C/C(=C\C=C/C)c1cccc(C=Nc2c(NC)c(=O)n(CCO)c(=O)n2C)c1. The van der Waals surface area contributed by atoms with Crippen LogP contribution in [0.5, 0.6) is 0 Å². The minimum atomic E-state index is -0.535. The number of nitrogens with one attached hydrogen (secondary N) is 1. The second-order valence-corrected chi connectivity index (χ2v) is 6.21. The zero-order valence-electron chi connectivity index (χ0n) is 16.9. The Hall–Kier alpha value is -3.45. The van der Waals surface area contributed by atoms with Crippen LogP contribution in [0.1, 0.15) is 18.1 Å². The van der Waals surface area contributed by atoms with Crippen molar-refractivity contribution in [2.24, 2.45) is 12.0 Å². The highest BCUT2D eigenvalue weighted by Crippen LogP contribution is 2.20. The molecule has 0 atom stereocenters. The van der Waals surface area contributed by atoms with Crippen LogP contribution in [-0.4, -0.2) is 34.1 Å². The summed E-state index contributed by atoms with van der Waals surface area (Å²) < 4.78 is 2.26. The molecule has 1 aromatic carbocycles. The fraction of sp³-hybridized carbons (Fsp3) is 0.227. The Kier molecular flexibility index (Phi) is 7.68. The van der Waals surface area contributed by atoms with Gasteiger partial charge in [-0.05, 0) is 29.7 Å². The molecule has 0 fully saturated rings. The summed E-state index contributed by atoms with van der Waals surface area (Å²) in [6, 6.07) is 7.71. The lowest BCUT2D eigenvalue weighted by molar-refractivity contribution is 0.270.